The molecule has 0 aromatic heterocycles. The van der Waals surface area contributed by atoms with Crippen LogP contribution in [0.2, 0.25) is 0 Å². The van der Waals surface area contributed by atoms with Crippen LogP contribution in [0.1, 0.15) is 26.2 Å². The SMILES string of the molecule is COC1CCCC1NC(C)C(=O)NCC(F)(F)F. The van der Waals surface area contributed by atoms with Crippen LogP contribution in [0, 0.1) is 0 Å². The molecule has 0 heterocycles. The standard InChI is InChI=1S/C11H19F3N2O2/c1-7(10(17)15-6-11(12,13)14)16-8-4-3-5-9(8)18-2/h7-9,16H,3-6H2,1-2H3,(H,15,17). The largest absolute Gasteiger partial charge is 0.405 e. The van der Waals surface area contributed by atoms with E-state index >= 15 is 0 Å². The van der Waals surface area contributed by atoms with Crippen molar-refractivity contribution >= 4 is 5.91 Å². The molecule has 1 saturated carbocycles. The lowest BCUT2D eigenvalue weighted by molar-refractivity contribution is -0.139. The van der Waals surface area contributed by atoms with Crippen LogP contribution in [0.15, 0.2) is 0 Å². The molecule has 4 nitrogen and oxygen atoms in total. The van der Waals surface area contributed by atoms with Crippen LogP contribution in [-0.2, 0) is 9.53 Å². The lowest BCUT2D eigenvalue weighted by Crippen LogP contribution is -2.50. The van der Waals surface area contributed by atoms with E-state index in [1.54, 1.807) is 14.0 Å². The van der Waals surface area contributed by atoms with Gasteiger partial charge in [-0.05, 0) is 26.2 Å². The van der Waals surface area contributed by atoms with Crippen molar-refractivity contribution in [2.45, 2.75) is 50.6 Å². The Balaban J connectivity index is 2.35. The minimum atomic E-state index is -4.38. The molecule has 0 aromatic carbocycles. The molecule has 0 aromatic rings. The molecular weight excluding hydrogens is 249 g/mol. The number of amides is 1. The van der Waals surface area contributed by atoms with Crippen LogP contribution in [0.4, 0.5) is 13.2 Å². The monoisotopic (exact) mass is 268 g/mol. The minimum absolute atomic E-state index is 0.0293. The first-order valence-electron chi connectivity index (χ1n) is 5.97. The van der Waals surface area contributed by atoms with Gasteiger partial charge in [0, 0.05) is 13.2 Å². The van der Waals surface area contributed by atoms with E-state index in [2.05, 4.69) is 5.32 Å². The van der Waals surface area contributed by atoms with E-state index in [9.17, 15) is 18.0 Å². The summed E-state index contributed by atoms with van der Waals surface area (Å²) in [6.45, 7) is 0.257. The molecule has 3 unspecified atom stereocenters. The second kappa shape index (κ2) is 6.38. The number of methoxy groups -OCH3 is 1. The molecule has 0 radical (unpaired) electrons. The average Bonchev–Trinajstić information content (AvgIpc) is 2.72. The number of hydrogen-bond acceptors (Lipinski definition) is 3. The zero-order chi connectivity index (χ0) is 13.8. The molecule has 0 aliphatic heterocycles. The zero-order valence-corrected chi connectivity index (χ0v) is 10.5. The maximum atomic E-state index is 11.9. The molecule has 18 heavy (non-hydrogen) atoms. The van der Waals surface area contributed by atoms with Gasteiger partial charge in [-0.1, -0.05) is 0 Å². The van der Waals surface area contributed by atoms with Gasteiger partial charge >= 0.3 is 6.18 Å². The molecule has 0 saturated heterocycles. The van der Waals surface area contributed by atoms with Gasteiger partial charge in [-0.15, -0.1) is 0 Å². The Labute approximate surface area is 104 Å². The van der Waals surface area contributed by atoms with Crippen molar-refractivity contribution < 1.29 is 22.7 Å². The fourth-order valence-corrected chi connectivity index (χ4v) is 2.14. The van der Waals surface area contributed by atoms with Crippen molar-refractivity contribution in [3.05, 3.63) is 0 Å². The second-order valence-corrected chi connectivity index (χ2v) is 4.53. The lowest BCUT2D eigenvalue weighted by Gasteiger charge is -2.23. The average molecular weight is 268 g/mol. The highest BCUT2D eigenvalue weighted by atomic mass is 19.4. The normalized spacial score (nSPS) is 26.1. The van der Waals surface area contributed by atoms with Crippen LogP contribution in [0.5, 0.6) is 0 Å². The fraction of sp³-hybridized carbons (Fsp3) is 0.909. The summed E-state index contributed by atoms with van der Waals surface area (Å²) >= 11 is 0. The molecular formula is C11H19F3N2O2. The quantitative estimate of drug-likeness (QED) is 0.788. The first-order chi connectivity index (χ1) is 8.33. The maximum absolute atomic E-state index is 11.9. The number of carbonyl (C=O) groups is 1. The molecule has 1 amide bonds. The highest BCUT2D eigenvalue weighted by Crippen LogP contribution is 2.21. The smallest absolute Gasteiger partial charge is 0.380 e. The van der Waals surface area contributed by atoms with Gasteiger partial charge < -0.3 is 15.4 Å². The third-order valence-electron chi connectivity index (χ3n) is 3.08. The Morgan fingerprint density at radius 1 is 1.44 bits per heavy atom. The third kappa shape index (κ3) is 4.81. The van der Waals surface area contributed by atoms with Gasteiger partial charge in [-0.2, -0.15) is 13.2 Å². The maximum Gasteiger partial charge on any atom is 0.405 e. The summed E-state index contributed by atoms with van der Waals surface area (Å²) in [5, 5.41) is 4.87. The molecule has 1 aliphatic carbocycles. The first-order valence-corrected chi connectivity index (χ1v) is 5.97. The summed E-state index contributed by atoms with van der Waals surface area (Å²) in [6.07, 6.45) is -1.58. The van der Waals surface area contributed by atoms with Gasteiger partial charge in [0.15, 0.2) is 0 Å². The Bertz CT molecular complexity index is 284. The van der Waals surface area contributed by atoms with Gasteiger partial charge in [-0.25, -0.2) is 0 Å². The fourth-order valence-electron chi connectivity index (χ4n) is 2.14. The summed E-state index contributed by atoms with van der Waals surface area (Å²) in [4.78, 5) is 11.5. The van der Waals surface area contributed by atoms with Crippen molar-refractivity contribution in [2.24, 2.45) is 0 Å². The van der Waals surface area contributed by atoms with Crippen LogP contribution in [-0.4, -0.2) is 43.9 Å². The third-order valence-corrected chi connectivity index (χ3v) is 3.08. The van der Waals surface area contributed by atoms with Crippen LogP contribution < -0.4 is 10.6 Å². The summed E-state index contributed by atoms with van der Waals surface area (Å²) in [6, 6.07) is -0.630. The zero-order valence-electron chi connectivity index (χ0n) is 10.5. The van der Waals surface area contributed by atoms with Crippen LogP contribution in [0.25, 0.3) is 0 Å². The van der Waals surface area contributed by atoms with Gasteiger partial charge in [0.25, 0.3) is 0 Å². The van der Waals surface area contributed by atoms with Crippen LogP contribution >= 0.6 is 0 Å². The van der Waals surface area contributed by atoms with Crippen LogP contribution in [0.3, 0.4) is 0 Å². The number of hydrogen-bond donors (Lipinski definition) is 2. The highest BCUT2D eigenvalue weighted by molar-refractivity contribution is 5.81. The van der Waals surface area contributed by atoms with Crippen molar-refractivity contribution in [3.63, 3.8) is 0 Å². The number of nitrogens with one attached hydrogen (secondary N) is 2. The molecule has 1 fully saturated rings. The summed E-state index contributed by atoms with van der Waals surface area (Å²) < 4.78 is 41.1. The number of ether oxygens (including phenoxy) is 1. The van der Waals surface area contributed by atoms with Crippen molar-refractivity contribution in [3.8, 4) is 0 Å². The minimum Gasteiger partial charge on any atom is -0.380 e. The Morgan fingerprint density at radius 3 is 2.67 bits per heavy atom. The van der Waals surface area contributed by atoms with E-state index in [1.807, 2.05) is 5.32 Å². The highest BCUT2D eigenvalue weighted by Gasteiger charge is 2.31. The van der Waals surface area contributed by atoms with E-state index in [0.717, 1.165) is 19.3 Å². The Hall–Kier alpha value is -0.820. The number of rotatable bonds is 5. The topological polar surface area (TPSA) is 50.4 Å². The number of halogens is 3. The lowest BCUT2D eigenvalue weighted by atomic mass is 10.1. The predicted octanol–water partition coefficient (Wildman–Crippen LogP) is 1.21. The van der Waals surface area contributed by atoms with E-state index in [-0.39, 0.29) is 12.1 Å². The van der Waals surface area contributed by atoms with Crippen molar-refractivity contribution in [2.75, 3.05) is 13.7 Å². The summed E-state index contributed by atoms with van der Waals surface area (Å²) in [7, 11) is 1.60. The number of alkyl halides is 3. The summed E-state index contributed by atoms with van der Waals surface area (Å²) in [5.74, 6) is -0.644. The molecule has 0 bridgehead atoms. The molecule has 2 N–H and O–H groups in total. The molecule has 1 rings (SSSR count). The van der Waals surface area contributed by atoms with Gasteiger partial charge in [0.2, 0.25) is 5.91 Å². The van der Waals surface area contributed by atoms with E-state index in [1.165, 1.54) is 0 Å². The van der Waals surface area contributed by atoms with Crippen molar-refractivity contribution in [1.82, 2.24) is 10.6 Å². The Kier molecular flexibility index (Phi) is 5.40. The van der Waals surface area contributed by atoms with E-state index in [0.29, 0.717) is 0 Å². The van der Waals surface area contributed by atoms with E-state index < -0.39 is 24.7 Å². The molecule has 1 aliphatic rings. The Morgan fingerprint density at radius 2 is 2.11 bits per heavy atom. The molecule has 7 heteroatoms. The van der Waals surface area contributed by atoms with Gasteiger partial charge in [-0.3, -0.25) is 4.79 Å². The van der Waals surface area contributed by atoms with Crippen molar-refractivity contribution in [1.29, 1.82) is 0 Å². The first kappa shape index (κ1) is 15.2. The number of carbonyl (C=O) groups excluding carboxylic acids is 1. The van der Waals surface area contributed by atoms with E-state index in [4.69, 9.17) is 4.74 Å². The molecule has 106 valence electrons. The summed E-state index contributed by atoms with van der Waals surface area (Å²) in [5.41, 5.74) is 0. The second-order valence-electron chi connectivity index (χ2n) is 4.53. The van der Waals surface area contributed by atoms with Gasteiger partial charge in [0.05, 0.1) is 12.1 Å². The predicted molar refractivity (Wildman–Crippen MR) is 60.1 cm³/mol. The molecule has 0 spiro atoms. The van der Waals surface area contributed by atoms with Gasteiger partial charge in [0.1, 0.15) is 6.54 Å². The molecule has 3 atom stereocenters.